The van der Waals surface area contributed by atoms with E-state index in [0.29, 0.717) is 0 Å². The normalized spacial score (nSPS) is 10.8. The van der Waals surface area contributed by atoms with Crippen molar-refractivity contribution in [2.24, 2.45) is 0 Å². The Labute approximate surface area is 94.6 Å². The van der Waals surface area contributed by atoms with E-state index in [9.17, 15) is 0 Å². The van der Waals surface area contributed by atoms with Gasteiger partial charge >= 0.3 is 0 Å². The Hall–Kier alpha value is -0.975. The van der Waals surface area contributed by atoms with Crippen LogP contribution in [0.1, 0.15) is 30.9 Å². The van der Waals surface area contributed by atoms with Crippen LogP contribution in [0.15, 0.2) is 36.3 Å². The van der Waals surface area contributed by atoms with Crippen LogP contribution in [0.4, 0.5) is 0 Å². The molecule has 0 heterocycles. The molecule has 0 aliphatic heterocycles. The summed E-state index contributed by atoms with van der Waals surface area (Å²) in [5, 5.41) is 0. The third kappa shape index (κ3) is 4.37. The van der Waals surface area contributed by atoms with Crippen LogP contribution >= 0.6 is 0 Å². The summed E-state index contributed by atoms with van der Waals surface area (Å²) in [5.41, 5.74) is 3.04. The van der Waals surface area contributed by atoms with Gasteiger partial charge in [-0.05, 0) is 30.4 Å². The molecule has 1 heteroatoms. The first-order valence-electron chi connectivity index (χ1n) is 5.89. The van der Waals surface area contributed by atoms with Crippen molar-refractivity contribution in [3.8, 4) is 0 Å². The Morgan fingerprint density at radius 2 is 1.80 bits per heavy atom. The Morgan fingerprint density at radius 1 is 1.13 bits per heavy atom. The Kier molecular flexibility index (Phi) is 5.91. The number of benzene rings is 1. The highest BCUT2D eigenvalue weighted by molar-refractivity contribution is 6.40. The topological polar surface area (TPSA) is 0 Å². The molecule has 0 aromatic heterocycles. The number of hydrogen-bond donors (Lipinski definition) is 0. The standard InChI is InChI=1S/C14H20B/c1-3-8-13-9-4-5-10-14(13)11-6-7-12-15-2/h4-5,7,9-10,12H,3,6,8,11H2,1-2H3/b12-7-. The van der Waals surface area contributed by atoms with Crippen LogP contribution in [0.2, 0.25) is 6.82 Å². The molecule has 1 rings (SSSR count). The van der Waals surface area contributed by atoms with E-state index < -0.39 is 0 Å². The second-order valence-corrected chi connectivity index (χ2v) is 3.82. The minimum atomic E-state index is 1.14. The molecule has 0 spiro atoms. The SMILES string of the molecule is C[B]/C=C\CCc1ccccc1CCC. The predicted molar refractivity (Wildman–Crippen MR) is 69.5 cm³/mol. The highest BCUT2D eigenvalue weighted by atomic mass is 14.0. The lowest BCUT2D eigenvalue weighted by Crippen LogP contribution is -1.93. The van der Waals surface area contributed by atoms with E-state index in [-0.39, 0.29) is 0 Å². The fraction of sp³-hybridized carbons (Fsp3) is 0.429. The summed E-state index contributed by atoms with van der Waals surface area (Å²) in [6.45, 7) is 4.30. The van der Waals surface area contributed by atoms with Crippen molar-refractivity contribution < 1.29 is 0 Å². The second kappa shape index (κ2) is 7.33. The summed E-state index contributed by atoms with van der Waals surface area (Å²) in [7, 11) is 2.08. The van der Waals surface area contributed by atoms with E-state index in [1.807, 2.05) is 0 Å². The fourth-order valence-corrected chi connectivity index (χ4v) is 1.79. The molecule has 0 saturated heterocycles. The lowest BCUT2D eigenvalue weighted by molar-refractivity contribution is 0.884. The van der Waals surface area contributed by atoms with Crippen LogP contribution in [0.5, 0.6) is 0 Å². The maximum Gasteiger partial charge on any atom is 0.137 e. The molecular weight excluding hydrogens is 179 g/mol. The molecule has 1 aromatic rings. The molecule has 0 N–H and O–H groups in total. The molecule has 1 aromatic carbocycles. The van der Waals surface area contributed by atoms with Crippen LogP contribution in [0.3, 0.4) is 0 Å². The Bertz CT molecular complexity index is 302. The van der Waals surface area contributed by atoms with Crippen LogP contribution in [-0.2, 0) is 12.8 Å². The van der Waals surface area contributed by atoms with Crippen molar-refractivity contribution in [1.29, 1.82) is 0 Å². The predicted octanol–water partition coefficient (Wildman–Crippen LogP) is 3.84. The summed E-state index contributed by atoms with van der Waals surface area (Å²) in [6, 6.07) is 8.80. The number of aryl methyl sites for hydroxylation is 2. The van der Waals surface area contributed by atoms with Crippen LogP contribution < -0.4 is 0 Å². The van der Waals surface area contributed by atoms with Gasteiger partial charge in [-0.1, -0.05) is 50.5 Å². The molecule has 0 amide bonds. The first-order chi connectivity index (χ1) is 7.38. The summed E-state index contributed by atoms with van der Waals surface area (Å²) in [6.07, 6.45) is 6.99. The van der Waals surface area contributed by atoms with E-state index in [1.165, 1.54) is 30.4 Å². The fourth-order valence-electron chi connectivity index (χ4n) is 1.79. The number of allylic oxidation sites excluding steroid dienone is 1. The highest BCUT2D eigenvalue weighted by Gasteiger charge is 1.98. The van der Waals surface area contributed by atoms with Gasteiger partial charge in [0.25, 0.3) is 0 Å². The zero-order valence-corrected chi connectivity index (χ0v) is 9.87. The average molecular weight is 199 g/mol. The number of rotatable bonds is 6. The molecule has 1 radical (unpaired) electrons. The van der Waals surface area contributed by atoms with E-state index in [2.05, 4.69) is 57.3 Å². The van der Waals surface area contributed by atoms with Gasteiger partial charge < -0.3 is 0 Å². The van der Waals surface area contributed by atoms with Gasteiger partial charge in [-0.15, -0.1) is 5.98 Å². The average Bonchev–Trinajstić information content (AvgIpc) is 2.27. The van der Waals surface area contributed by atoms with E-state index >= 15 is 0 Å². The van der Waals surface area contributed by atoms with E-state index in [0.717, 1.165) is 6.42 Å². The molecule has 0 fully saturated rings. The van der Waals surface area contributed by atoms with Gasteiger partial charge in [-0.25, -0.2) is 0 Å². The third-order valence-corrected chi connectivity index (χ3v) is 2.55. The van der Waals surface area contributed by atoms with Crippen LogP contribution in [-0.4, -0.2) is 7.28 Å². The maximum atomic E-state index is 2.26. The lowest BCUT2D eigenvalue weighted by Gasteiger charge is -2.06. The highest BCUT2D eigenvalue weighted by Crippen LogP contribution is 2.13. The molecule has 0 atom stereocenters. The monoisotopic (exact) mass is 199 g/mol. The Morgan fingerprint density at radius 3 is 2.40 bits per heavy atom. The second-order valence-electron chi connectivity index (χ2n) is 3.82. The first-order valence-corrected chi connectivity index (χ1v) is 5.89. The van der Waals surface area contributed by atoms with Crippen LogP contribution in [0.25, 0.3) is 0 Å². The largest absolute Gasteiger partial charge is 0.137 e. The van der Waals surface area contributed by atoms with Crippen LogP contribution in [0, 0.1) is 0 Å². The number of hydrogen-bond acceptors (Lipinski definition) is 0. The minimum absolute atomic E-state index is 1.14. The van der Waals surface area contributed by atoms with Gasteiger partial charge in [-0.2, -0.15) is 0 Å². The minimum Gasteiger partial charge on any atom is -0.127 e. The third-order valence-electron chi connectivity index (χ3n) is 2.55. The molecule has 0 bridgehead atoms. The molecule has 0 aliphatic rings. The van der Waals surface area contributed by atoms with Gasteiger partial charge in [-0.3, -0.25) is 0 Å². The smallest absolute Gasteiger partial charge is 0.127 e. The molecule has 0 unspecified atom stereocenters. The molecule has 0 aliphatic carbocycles. The van der Waals surface area contributed by atoms with Crippen molar-refractivity contribution in [3.63, 3.8) is 0 Å². The van der Waals surface area contributed by atoms with Crippen molar-refractivity contribution in [2.75, 3.05) is 0 Å². The molecule has 79 valence electrons. The molecule has 0 nitrogen and oxygen atoms in total. The van der Waals surface area contributed by atoms with Gasteiger partial charge in [0.05, 0.1) is 0 Å². The summed E-state index contributed by atoms with van der Waals surface area (Å²) >= 11 is 0. The van der Waals surface area contributed by atoms with Gasteiger partial charge in [0.1, 0.15) is 7.28 Å². The van der Waals surface area contributed by atoms with Crippen molar-refractivity contribution in [1.82, 2.24) is 0 Å². The Balaban J connectivity index is 2.55. The molecule has 15 heavy (non-hydrogen) atoms. The van der Waals surface area contributed by atoms with Gasteiger partial charge in [0.15, 0.2) is 0 Å². The lowest BCUT2D eigenvalue weighted by atomic mass is 9.82. The van der Waals surface area contributed by atoms with E-state index in [4.69, 9.17) is 0 Å². The first kappa shape index (κ1) is 12.1. The molecular formula is C14H20B. The van der Waals surface area contributed by atoms with E-state index in [1.54, 1.807) is 0 Å². The molecule has 0 saturated carbocycles. The summed E-state index contributed by atoms with van der Waals surface area (Å²) in [5.74, 6) is 2.13. The zero-order chi connectivity index (χ0) is 10.9. The quantitative estimate of drug-likeness (QED) is 0.610. The zero-order valence-electron chi connectivity index (χ0n) is 9.87. The maximum absolute atomic E-state index is 2.26. The summed E-state index contributed by atoms with van der Waals surface area (Å²) in [4.78, 5) is 0. The van der Waals surface area contributed by atoms with Gasteiger partial charge in [0, 0.05) is 0 Å². The summed E-state index contributed by atoms with van der Waals surface area (Å²) < 4.78 is 0. The van der Waals surface area contributed by atoms with Crippen molar-refractivity contribution in [3.05, 3.63) is 47.4 Å². The van der Waals surface area contributed by atoms with Crippen molar-refractivity contribution in [2.45, 2.75) is 39.4 Å². The van der Waals surface area contributed by atoms with Gasteiger partial charge in [0.2, 0.25) is 0 Å². The van der Waals surface area contributed by atoms with Crippen molar-refractivity contribution >= 4 is 7.28 Å².